The molecule has 0 bridgehead atoms. The molecule has 1 aliphatic carbocycles. The smallest absolute Gasteiger partial charge is 0.304 e. The van der Waals surface area contributed by atoms with Gasteiger partial charge in [0.05, 0.1) is 17.4 Å². The Morgan fingerprint density at radius 1 is 1.32 bits per heavy atom. The molecule has 0 atom stereocenters. The van der Waals surface area contributed by atoms with Crippen LogP contribution in [-0.4, -0.2) is 27.1 Å². The molecule has 2 aromatic rings. The van der Waals surface area contributed by atoms with Crippen molar-refractivity contribution >= 4 is 28.2 Å². The first-order valence-corrected chi connectivity index (χ1v) is 9.08. The second kappa shape index (κ2) is 6.59. The number of rotatable bonds is 5. The molecule has 0 aromatic carbocycles. The fourth-order valence-electron chi connectivity index (χ4n) is 3.01. The van der Waals surface area contributed by atoms with Crippen molar-refractivity contribution in [3.63, 3.8) is 0 Å². The van der Waals surface area contributed by atoms with Gasteiger partial charge in [0.25, 0.3) is 5.89 Å². The maximum atomic E-state index is 12.6. The van der Waals surface area contributed by atoms with Crippen molar-refractivity contribution in [2.75, 3.05) is 5.32 Å². The van der Waals surface area contributed by atoms with Gasteiger partial charge >= 0.3 is 5.97 Å². The third-order valence-electron chi connectivity index (χ3n) is 4.35. The molecule has 0 radical (unpaired) electrons. The van der Waals surface area contributed by atoms with Crippen LogP contribution in [0, 0.1) is 12.3 Å². The number of nitrogens with zero attached hydrogens (tertiary/aromatic N) is 2. The molecule has 3 rings (SSSR count). The zero-order valence-corrected chi connectivity index (χ0v) is 15.3. The standard InChI is InChI=1S/C17H21N3O4S/c1-9-18-14(24-20-9)13-10-6-4-5-7-11(10)25-15(13)19-16(23)17(2,3)8-12(21)22/h4-8H2,1-3H3,(H,19,23)(H,21,22). The van der Waals surface area contributed by atoms with E-state index in [0.717, 1.165) is 36.8 Å². The van der Waals surface area contributed by atoms with Crippen molar-refractivity contribution < 1.29 is 19.2 Å². The number of hydrogen-bond acceptors (Lipinski definition) is 6. The van der Waals surface area contributed by atoms with Crippen molar-refractivity contribution in [2.45, 2.75) is 52.9 Å². The van der Waals surface area contributed by atoms with Crippen molar-refractivity contribution in [3.8, 4) is 11.5 Å². The number of carbonyl (C=O) groups is 2. The second-order valence-electron chi connectivity index (χ2n) is 6.97. The van der Waals surface area contributed by atoms with Crippen molar-refractivity contribution in [2.24, 2.45) is 5.41 Å². The average molecular weight is 363 g/mol. The number of aliphatic carboxylic acids is 1. The van der Waals surface area contributed by atoms with E-state index in [1.54, 1.807) is 20.8 Å². The lowest BCUT2D eigenvalue weighted by atomic mass is 9.88. The van der Waals surface area contributed by atoms with Gasteiger partial charge in [0.1, 0.15) is 5.00 Å². The summed E-state index contributed by atoms with van der Waals surface area (Å²) in [6, 6.07) is 0. The van der Waals surface area contributed by atoms with Gasteiger partial charge in [-0.3, -0.25) is 9.59 Å². The van der Waals surface area contributed by atoms with Gasteiger partial charge in [0, 0.05) is 4.88 Å². The summed E-state index contributed by atoms with van der Waals surface area (Å²) in [6.07, 6.45) is 3.85. The largest absolute Gasteiger partial charge is 0.481 e. The van der Waals surface area contributed by atoms with Crippen LogP contribution in [-0.2, 0) is 22.4 Å². The molecule has 1 aliphatic rings. The molecule has 0 saturated heterocycles. The third-order valence-corrected chi connectivity index (χ3v) is 5.55. The number of nitrogens with one attached hydrogen (secondary N) is 1. The molecule has 0 aliphatic heterocycles. The number of anilines is 1. The van der Waals surface area contributed by atoms with Gasteiger partial charge in [0.15, 0.2) is 5.82 Å². The van der Waals surface area contributed by atoms with Gasteiger partial charge in [-0.2, -0.15) is 4.98 Å². The van der Waals surface area contributed by atoms with Gasteiger partial charge < -0.3 is 14.9 Å². The van der Waals surface area contributed by atoms with Gasteiger partial charge in [-0.1, -0.05) is 19.0 Å². The number of hydrogen-bond donors (Lipinski definition) is 2. The summed E-state index contributed by atoms with van der Waals surface area (Å²) in [5.74, 6) is -0.387. The number of carboxylic acid groups (broad SMARTS) is 1. The number of fused-ring (bicyclic) bond motifs is 1. The highest BCUT2D eigenvalue weighted by molar-refractivity contribution is 7.17. The van der Waals surface area contributed by atoms with E-state index in [2.05, 4.69) is 15.5 Å². The van der Waals surface area contributed by atoms with Crippen molar-refractivity contribution in [1.29, 1.82) is 0 Å². The molecule has 2 N–H and O–H groups in total. The van der Waals surface area contributed by atoms with Gasteiger partial charge in [-0.25, -0.2) is 0 Å². The normalized spacial score (nSPS) is 14.2. The van der Waals surface area contributed by atoms with Crippen molar-refractivity contribution in [1.82, 2.24) is 10.1 Å². The lowest BCUT2D eigenvalue weighted by Crippen LogP contribution is -2.32. The molecule has 2 aromatic heterocycles. The SMILES string of the molecule is Cc1noc(-c2c(NC(=O)C(C)(C)CC(=O)O)sc3c2CCCC3)n1. The fourth-order valence-corrected chi connectivity index (χ4v) is 4.29. The van der Waals surface area contributed by atoms with E-state index < -0.39 is 11.4 Å². The Bertz CT molecular complexity index is 822. The van der Waals surface area contributed by atoms with Crippen LogP contribution in [0.5, 0.6) is 0 Å². The number of amides is 1. The lowest BCUT2D eigenvalue weighted by molar-refractivity contribution is -0.142. The number of aromatic nitrogens is 2. The van der Waals surface area contributed by atoms with Crippen LogP contribution in [0.4, 0.5) is 5.00 Å². The summed E-state index contributed by atoms with van der Waals surface area (Å²) >= 11 is 1.52. The number of carboxylic acids is 1. The Balaban J connectivity index is 1.97. The molecule has 134 valence electrons. The van der Waals surface area contributed by atoms with E-state index in [9.17, 15) is 9.59 Å². The van der Waals surface area contributed by atoms with Crippen LogP contribution >= 0.6 is 11.3 Å². The molecule has 8 heteroatoms. The van der Waals surface area contributed by atoms with E-state index in [0.29, 0.717) is 16.7 Å². The van der Waals surface area contributed by atoms with Crippen LogP contribution < -0.4 is 5.32 Å². The molecule has 1 amide bonds. The molecular formula is C17H21N3O4S. The molecule has 25 heavy (non-hydrogen) atoms. The third kappa shape index (κ3) is 3.58. The number of thiophene rings is 1. The summed E-state index contributed by atoms with van der Waals surface area (Å²) in [5.41, 5.74) is 0.934. The summed E-state index contributed by atoms with van der Waals surface area (Å²) in [7, 11) is 0. The zero-order valence-electron chi connectivity index (χ0n) is 14.5. The Morgan fingerprint density at radius 3 is 2.68 bits per heavy atom. The Hall–Kier alpha value is -2.22. The molecule has 0 unspecified atom stereocenters. The van der Waals surface area contributed by atoms with Crippen molar-refractivity contribution in [3.05, 3.63) is 16.3 Å². The topological polar surface area (TPSA) is 105 Å². The number of aryl methyl sites for hydroxylation is 2. The van der Waals surface area contributed by atoms with E-state index in [4.69, 9.17) is 9.63 Å². The van der Waals surface area contributed by atoms with E-state index in [-0.39, 0.29) is 12.3 Å². The monoisotopic (exact) mass is 363 g/mol. The van der Waals surface area contributed by atoms with E-state index in [1.807, 2.05) is 0 Å². The van der Waals surface area contributed by atoms with Crippen LogP contribution in [0.3, 0.4) is 0 Å². The summed E-state index contributed by atoms with van der Waals surface area (Å²) in [4.78, 5) is 29.2. The molecule has 2 heterocycles. The van der Waals surface area contributed by atoms with Gasteiger partial charge in [-0.15, -0.1) is 11.3 Å². The van der Waals surface area contributed by atoms with Crippen LogP contribution in [0.2, 0.25) is 0 Å². The number of carbonyl (C=O) groups excluding carboxylic acids is 1. The minimum Gasteiger partial charge on any atom is -0.481 e. The molecule has 0 fully saturated rings. The van der Waals surface area contributed by atoms with Gasteiger partial charge in [-0.05, 0) is 38.2 Å². The van der Waals surface area contributed by atoms with Crippen LogP contribution in [0.15, 0.2) is 4.52 Å². The maximum absolute atomic E-state index is 12.6. The summed E-state index contributed by atoms with van der Waals surface area (Å²) in [5, 5.41) is 16.5. The Kier molecular flexibility index (Phi) is 4.64. The van der Waals surface area contributed by atoms with Crippen LogP contribution in [0.1, 0.15) is 49.4 Å². The van der Waals surface area contributed by atoms with Crippen LogP contribution in [0.25, 0.3) is 11.5 Å². The molecule has 7 nitrogen and oxygen atoms in total. The molecule has 0 saturated carbocycles. The van der Waals surface area contributed by atoms with Gasteiger partial charge in [0.2, 0.25) is 5.91 Å². The Morgan fingerprint density at radius 2 is 2.04 bits per heavy atom. The summed E-state index contributed by atoms with van der Waals surface area (Å²) in [6.45, 7) is 5.00. The first-order valence-electron chi connectivity index (χ1n) is 8.26. The fraction of sp³-hybridized carbons (Fsp3) is 0.529. The van der Waals surface area contributed by atoms with E-state index in [1.165, 1.54) is 16.2 Å². The predicted octanol–water partition coefficient (Wildman–Crippen LogP) is 3.42. The summed E-state index contributed by atoms with van der Waals surface area (Å²) < 4.78 is 5.35. The minimum absolute atomic E-state index is 0.237. The van der Waals surface area contributed by atoms with E-state index >= 15 is 0 Å². The first kappa shape index (κ1) is 17.6. The first-order chi connectivity index (χ1) is 11.8. The highest BCUT2D eigenvalue weighted by atomic mass is 32.1. The maximum Gasteiger partial charge on any atom is 0.304 e. The second-order valence-corrected chi connectivity index (χ2v) is 8.08. The minimum atomic E-state index is -1.02. The predicted molar refractivity (Wildman–Crippen MR) is 93.7 cm³/mol. The average Bonchev–Trinajstić information content (AvgIpc) is 3.08. The molecular weight excluding hydrogens is 342 g/mol. The zero-order chi connectivity index (χ0) is 18.2. The highest BCUT2D eigenvalue weighted by Crippen LogP contribution is 2.44. The Labute approximate surface area is 149 Å². The highest BCUT2D eigenvalue weighted by Gasteiger charge is 2.33. The molecule has 0 spiro atoms. The quantitative estimate of drug-likeness (QED) is 0.843. The lowest BCUT2D eigenvalue weighted by Gasteiger charge is -2.21.